The predicted molar refractivity (Wildman–Crippen MR) is 150 cm³/mol. The fraction of sp³-hybridized carbons (Fsp3) is 0. The summed E-state index contributed by atoms with van der Waals surface area (Å²) in [7, 11) is 0. The first kappa shape index (κ1) is 18.0. The van der Waals surface area contributed by atoms with E-state index in [1.807, 2.05) is 17.4 Å². The summed E-state index contributed by atoms with van der Waals surface area (Å²) in [6.07, 6.45) is 2.28. The smallest absolute Gasteiger partial charge is 0.160 e. The number of hydrogen-bond donors (Lipinski definition) is 0. The number of furan rings is 1. The van der Waals surface area contributed by atoms with Crippen molar-refractivity contribution < 1.29 is 4.42 Å². The Bertz CT molecular complexity index is 2330. The van der Waals surface area contributed by atoms with Gasteiger partial charge in [-0.25, -0.2) is 0 Å². The van der Waals surface area contributed by atoms with Gasteiger partial charge in [-0.15, -0.1) is 11.3 Å². The van der Waals surface area contributed by atoms with Gasteiger partial charge in [0.25, 0.3) is 0 Å². The minimum atomic E-state index is 0.930. The average molecular weight is 464 g/mol. The van der Waals surface area contributed by atoms with Crippen LogP contribution in [-0.4, -0.2) is 4.40 Å². The highest BCUT2D eigenvalue weighted by Gasteiger charge is 2.20. The van der Waals surface area contributed by atoms with Crippen molar-refractivity contribution in [2.75, 3.05) is 0 Å². The number of nitrogens with zero attached hydrogens (tertiary/aromatic N) is 1. The van der Waals surface area contributed by atoms with Crippen LogP contribution in [0.2, 0.25) is 0 Å². The van der Waals surface area contributed by atoms with Crippen molar-refractivity contribution in [2.45, 2.75) is 0 Å². The van der Waals surface area contributed by atoms with Gasteiger partial charge >= 0.3 is 0 Å². The summed E-state index contributed by atoms with van der Waals surface area (Å²) in [4.78, 5) is 0. The van der Waals surface area contributed by atoms with E-state index in [1.54, 1.807) is 0 Å². The first-order valence-electron chi connectivity index (χ1n) is 11.9. The van der Waals surface area contributed by atoms with E-state index in [0.717, 1.165) is 27.5 Å². The largest absolute Gasteiger partial charge is 0.454 e. The van der Waals surface area contributed by atoms with E-state index < -0.39 is 0 Å². The highest BCUT2D eigenvalue weighted by Crippen LogP contribution is 2.46. The summed E-state index contributed by atoms with van der Waals surface area (Å²) in [5.41, 5.74) is 4.28. The molecule has 0 amide bonds. The van der Waals surface area contributed by atoms with Crippen molar-refractivity contribution in [1.29, 1.82) is 0 Å². The van der Waals surface area contributed by atoms with Crippen LogP contribution in [0.1, 0.15) is 0 Å². The van der Waals surface area contributed by atoms with Gasteiger partial charge in [-0.1, -0.05) is 78.9 Å². The van der Waals surface area contributed by atoms with Gasteiger partial charge in [0.05, 0.1) is 11.0 Å². The quantitative estimate of drug-likeness (QED) is 0.205. The first-order valence-corrected chi connectivity index (χ1v) is 12.7. The Labute approximate surface area is 203 Å². The molecule has 0 saturated carbocycles. The zero-order valence-electron chi connectivity index (χ0n) is 18.6. The molecule has 3 heteroatoms. The summed E-state index contributed by atoms with van der Waals surface area (Å²) >= 11 is 1.90. The van der Waals surface area contributed by atoms with Gasteiger partial charge in [0.1, 0.15) is 5.58 Å². The third-order valence-corrected chi connectivity index (χ3v) is 8.76. The number of thiophene rings is 1. The van der Waals surface area contributed by atoms with Gasteiger partial charge in [-0.05, 0) is 23.6 Å². The van der Waals surface area contributed by atoms with Gasteiger partial charge in [0, 0.05) is 58.7 Å². The number of para-hydroxylation sites is 1. The van der Waals surface area contributed by atoms with Crippen LogP contribution in [0.5, 0.6) is 0 Å². The third-order valence-electron chi connectivity index (χ3n) is 7.56. The van der Waals surface area contributed by atoms with Crippen molar-refractivity contribution in [2.24, 2.45) is 0 Å². The lowest BCUT2D eigenvalue weighted by Crippen LogP contribution is -1.90. The van der Waals surface area contributed by atoms with E-state index in [0.29, 0.717) is 0 Å². The molecule has 0 fully saturated rings. The van der Waals surface area contributed by atoms with Crippen molar-refractivity contribution in [3.05, 3.63) is 103 Å². The highest BCUT2D eigenvalue weighted by molar-refractivity contribution is 7.26. The molecule has 5 aromatic carbocycles. The molecule has 0 bridgehead atoms. The Kier molecular flexibility index (Phi) is 3.20. The molecule has 162 valence electrons. The van der Waals surface area contributed by atoms with Gasteiger partial charge in [0.2, 0.25) is 0 Å². The second kappa shape index (κ2) is 6.21. The summed E-state index contributed by atoms with van der Waals surface area (Å²) in [6, 6.07) is 35.0. The second-order valence-corrected chi connectivity index (χ2v) is 10.4. The van der Waals surface area contributed by atoms with E-state index >= 15 is 0 Å². The monoisotopic (exact) mass is 463 g/mol. The van der Waals surface area contributed by atoms with Crippen molar-refractivity contribution >= 4 is 91.4 Å². The Morgan fingerprint density at radius 3 is 2.20 bits per heavy atom. The van der Waals surface area contributed by atoms with Crippen LogP contribution in [0.4, 0.5) is 0 Å². The number of benzene rings is 5. The third kappa shape index (κ3) is 2.15. The number of fused-ring (bicyclic) bond motifs is 16. The molecule has 0 aliphatic carbocycles. The van der Waals surface area contributed by atoms with E-state index in [2.05, 4.69) is 102 Å². The molecule has 0 radical (unpaired) electrons. The molecule has 9 aromatic rings. The Morgan fingerprint density at radius 2 is 1.26 bits per heavy atom. The molecule has 4 aromatic heterocycles. The second-order valence-electron chi connectivity index (χ2n) is 9.33. The van der Waals surface area contributed by atoms with E-state index in [1.165, 1.54) is 52.6 Å². The summed E-state index contributed by atoms with van der Waals surface area (Å²) < 4.78 is 11.6. The predicted octanol–water partition coefficient (Wildman–Crippen LogP) is 9.67. The standard InChI is InChI=1S/C32H17NOS/c1-2-8-19-18(7-1)17-33-29(19)28-22(13-16-25-21-10-4-6-12-27(21)35-32(25)28)23-14-15-24-20-9-3-5-11-26(20)34-31(24)30(23)33/h1-17H. The van der Waals surface area contributed by atoms with Crippen molar-refractivity contribution in [1.82, 2.24) is 4.40 Å². The average Bonchev–Trinajstić information content (AvgIpc) is 3.59. The van der Waals surface area contributed by atoms with E-state index in [4.69, 9.17) is 4.42 Å². The van der Waals surface area contributed by atoms with Crippen LogP contribution in [-0.2, 0) is 0 Å². The van der Waals surface area contributed by atoms with Gasteiger partial charge in [-0.2, -0.15) is 0 Å². The SMILES string of the molecule is c1ccc2c(c1)cn1c3c(ccc4c5ccccc5oc43)c3ccc4c5ccccc5sc4c3c21. The number of hydrogen-bond acceptors (Lipinski definition) is 2. The van der Waals surface area contributed by atoms with E-state index in [-0.39, 0.29) is 0 Å². The molecule has 4 heterocycles. The summed E-state index contributed by atoms with van der Waals surface area (Å²) in [5, 5.41) is 11.3. The lowest BCUT2D eigenvalue weighted by Gasteiger charge is -2.11. The number of rotatable bonds is 0. The number of pyridine rings is 1. The molecule has 0 spiro atoms. The minimum Gasteiger partial charge on any atom is -0.454 e. The van der Waals surface area contributed by atoms with Crippen LogP contribution in [0.15, 0.2) is 108 Å². The topological polar surface area (TPSA) is 17.6 Å². The van der Waals surface area contributed by atoms with Crippen LogP contribution in [0.3, 0.4) is 0 Å². The number of aromatic nitrogens is 1. The minimum absolute atomic E-state index is 0.930. The fourth-order valence-corrected chi connectivity index (χ4v) is 7.32. The lowest BCUT2D eigenvalue weighted by molar-refractivity contribution is 0.671. The highest BCUT2D eigenvalue weighted by atomic mass is 32.1. The Morgan fingerprint density at radius 1 is 0.543 bits per heavy atom. The molecule has 0 aliphatic rings. The maximum absolute atomic E-state index is 6.54. The molecule has 9 rings (SSSR count). The zero-order chi connectivity index (χ0) is 22.7. The van der Waals surface area contributed by atoms with Crippen LogP contribution in [0.25, 0.3) is 80.1 Å². The van der Waals surface area contributed by atoms with Crippen LogP contribution < -0.4 is 0 Å². The van der Waals surface area contributed by atoms with Crippen LogP contribution >= 0.6 is 11.3 Å². The Balaban J connectivity index is 1.65. The van der Waals surface area contributed by atoms with E-state index in [9.17, 15) is 0 Å². The van der Waals surface area contributed by atoms with Crippen molar-refractivity contribution in [3.8, 4) is 0 Å². The zero-order valence-corrected chi connectivity index (χ0v) is 19.4. The molecule has 2 nitrogen and oxygen atoms in total. The lowest BCUT2D eigenvalue weighted by atomic mass is 9.99. The van der Waals surface area contributed by atoms with Gasteiger partial charge in [0.15, 0.2) is 5.58 Å². The maximum atomic E-state index is 6.54. The fourth-order valence-electron chi connectivity index (χ4n) is 6.07. The first-order chi connectivity index (χ1) is 17.4. The molecular formula is C32H17NOS. The normalized spacial score (nSPS) is 12.6. The molecule has 0 aliphatic heterocycles. The molecule has 35 heavy (non-hydrogen) atoms. The van der Waals surface area contributed by atoms with Gasteiger partial charge in [-0.3, -0.25) is 0 Å². The molecular weight excluding hydrogens is 446 g/mol. The molecule has 0 atom stereocenters. The summed E-state index contributed by atoms with van der Waals surface area (Å²) in [5.74, 6) is 0. The van der Waals surface area contributed by atoms with Crippen LogP contribution in [0, 0.1) is 0 Å². The van der Waals surface area contributed by atoms with Crippen molar-refractivity contribution in [3.63, 3.8) is 0 Å². The maximum Gasteiger partial charge on any atom is 0.160 e. The Hall–Kier alpha value is -4.34. The molecule has 0 unspecified atom stereocenters. The molecule has 0 N–H and O–H groups in total. The summed E-state index contributed by atoms with van der Waals surface area (Å²) in [6.45, 7) is 0. The molecule has 0 saturated heterocycles. The van der Waals surface area contributed by atoms with Gasteiger partial charge < -0.3 is 8.82 Å².